The average molecular weight is 314 g/mol. The summed E-state index contributed by atoms with van der Waals surface area (Å²) in [5.41, 5.74) is 0.383. The van der Waals surface area contributed by atoms with E-state index in [4.69, 9.17) is 14.2 Å². The lowest BCUT2D eigenvalue weighted by Gasteiger charge is -2.10. The van der Waals surface area contributed by atoms with Gasteiger partial charge in [-0.1, -0.05) is 30.3 Å². The topological polar surface area (TPSA) is 61.8 Å². The fourth-order valence-corrected chi connectivity index (χ4v) is 1.94. The van der Waals surface area contributed by atoms with E-state index in [0.717, 1.165) is 0 Å². The minimum absolute atomic E-state index is 0.0882. The van der Waals surface area contributed by atoms with Crippen LogP contribution >= 0.6 is 0 Å². The maximum atomic E-state index is 12.1. The summed E-state index contributed by atoms with van der Waals surface area (Å²) in [4.78, 5) is 23.9. The molecule has 23 heavy (non-hydrogen) atoms. The lowest BCUT2D eigenvalue weighted by atomic mass is 10.1. The average Bonchev–Trinajstić information content (AvgIpc) is 2.59. The molecular weight excluding hydrogens is 296 g/mol. The number of carbonyl (C=O) groups excluding carboxylic acids is 2. The van der Waals surface area contributed by atoms with Crippen molar-refractivity contribution in [3.05, 3.63) is 65.7 Å². The maximum Gasteiger partial charge on any atom is 0.339 e. The van der Waals surface area contributed by atoms with E-state index in [1.54, 1.807) is 19.1 Å². The summed E-state index contributed by atoms with van der Waals surface area (Å²) >= 11 is 0. The Morgan fingerprint density at radius 2 is 1.35 bits per heavy atom. The van der Waals surface area contributed by atoms with Crippen LogP contribution < -0.4 is 4.74 Å². The molecule has 0 radical (unpaired) electrons. The molecule has 0 aliphatic rings. The van der Waals surface area contributed by atoms with E-state index in [0.29, 0.717) is 5.75 Å². The van der Waals surface area contributed by atoms with Crippen molar-refractivity contribution in [2.75, 3.05) is 19.8 Å². The second-order valence-electron chi connectivity index (χ2n) is 4.56. The Morgan fingerprint density at radius 3 is 1.96 bits per heavy atom. The maximum absolute atomic E-state index is 12.1. The van der Waals surface area contributed by atoms with Crippen LogP contribution in [-0.4, -0.2) is 31.8 Å². The Labute approximate surface area is 134 Å². The molecule has 0 aliphatic heterocycles. The van der Waals surface area contributed by atoms with Crippen LogP contribution in [0.5, 0.6) is 5.75 Å². The zero-order valence-corrected chi connectivity index (χ0v) is 12.9. The molecule has 0 saturated heterocycles. The van der Waals surface area contributed by atoms with E-state index in [1.807, 2.05) is 30.3 Å². The van der Waals surface area contributed by atoms with Gasteiger partial charge in [-0.15, -0.1) is 0 Å². The first-order valence-corrected chi connectivity index (χ1v) is 7.33. The molecule has 0 heterocycles. The zero-order valence-electron chi connectivity index (χ0n) is 12.9. The van der Waals surface area contributed by atoms with Gasteiger partial charge in [0.1, 0.15) is 19.0 Å². The van der Waals surface area contributed by atoms with Crippen molar-refractivity contribution in [3.63, 3.8) is 0 Å². The summed E-state index contributed by atoms with van der Waals surface area (Å²) < 4.78 is 15.5. The Balaban J connectivity index is 1.89. The van der Waals surface area contributed by atoms with Crippen molar-refractivity contribution >= 4 is 11.9 Å². The van der Waals surface area contributed by atoms with Crippen LogP contribution in [-0.2, 0) is 9.47 Å². The van der Waals surface area contributed by atoms with Crippen molar-refractivity contribution in [1.29, 1.82) is 0 Å². The molecular formula is C18H18O5. The van der Waals surface area contributed by atoms with Gasteiger partial charge in [0.15, 0.2) is 0 Å². The molecule has 0 spiro atoms. The molecule has 0 saturated carbocycles. The lowest BCUT2D eigenvalue weighted by molar-refractivity contribution is 0.0428. The summed E-state index contributed by atoms with van der Waals surface area (Å²) in [6.45, 7) is 2.27. The van der Waals surface area contributed by atoms with Crippen LogP contribution in [0.4, 0.5) is 0 Å². The second-order valence-corrected chi connectivity index (χ2v) is 4.56. The van der Waals surface area contributed by atoms with Gasteiger partial charge in [0.25, 0.3) is 0 Å². The molecule has 0 fully saturated rings. The van der Waals surface area contributed by atoms with Gasteiger partial charge in [0.05, 0.1) is 17.7 Å². The van der Waals surface area contributed by atoms with E-state index < -0.39 is 11.9 Å². The monoisotopic (exact) mass is 314 g/mol. The normalized spacial score (nSPS) is 9.96. The van der Waals surface area contributed by atoms with Crippen LogP contribution in [0.2, 0.25) is 0 Å². The van der Waals surface area contributed by atoms with E-state index in [2.05, 4.69) is 0 Å². The Hall–Kier alpha value is -2.82. The lowest BCUT2D eigenvalue weighted by Crippen LogP contribution is -2.16. The van der Waals surface area contributed by atoms with Crippen LogP contribution in [0, 0.1) is 0 Å². The third-order valence-electron chi connectivity index (χ3n) is 2.97. The van der Waals surface area contributed by atoms with Gasteiger partial charge in [-0.2, -0.15) is 0 Å². The molecule has 0 aromatic heterocycles. The number of carbonyl (C=O) groups is 2. The number of rotatable bonds is 7. The summed E-state index contributed by atoms with van der Waals surface area (Å²) in [7, 11) is 0. The molecule has 120 valence electrons. The number of ether oxygens (including phenoxy) is 3. The van der Waals surface area contributed by atoms with Gasteiger partial charge >= 0.3 is 11.9 Å². The molecule has 0 unspecified atom stereocenters. The predicted octanol–water partition coefficient (Wildman–Crippen LogP) is 3.10. The Kier molecular flexibility index (Phi) is 6.17. The first-order valence-electron chi connectivity index (χ1n) is 7.33. The van der Waals surface area contributed by atoms with Gasteiger partial charge in [0, 0.05) is 0 Å². The van der Waals surface area contributed by atoms with Gasteiger partial charge in [-0.3, -0.25) is 0 Å². The quantitative estimate of drug-likeness (QED) is 0.580. The molecule has 0 bridgehead atoms. The number of hydrogen-bond acceptors (Lipinski definition) is 5. The molecule has 0 N–H and O–H groups in total. The fourth-order valence-electron chi connectivity index (χ4n) is 1.94. The number of esters is 2. The molecule has 0 amide bonds. The van der Waals surface area contributed by atoms with Gasteiger partial charge in [-0.25, -0.2) is 9.59 Å². The third kappa shape index (κ3) is 4.85. The van der Waals surface area contributed by atoms with Crippen molar-refractivity contribution in [3.8, 4) is 5.75 Å². The summed E-state index contributed by atoms with van der Waals surface area (Å²) in [5.74, 6) is -0.415. The summed E-state index contributed by atoms with van der Waals surface area (Å²) in [5, 5.41) is 0. The summed E-state index contributed by atoms with van der Waals surface area (Å²) in [6, 6.07) is 15.6. The predicted molar refractivity (Wildman–Crippen MR) is 84.6 cm³/mol. The van der Waals surface area contributed by atoms with Gasteiger partial charge < -0.3 is 14.2 Å². The van der Waals surface area contributed by atoms with E-state index in [-0.39, 0.29) is 30.9 Å². The standard InChI is InChI=1S/C18H18O5/c1-2-21-17(19)15-10-6-7-11-16(15)18(20)23-13-12-22-14-8-4-3-5-9-14/h3-11H,2,12-13H2,1H3. The van der Waals surface area contributed by atoms with Crippen LogP contribution in [0.3, 0.4) is 0 Å². The minimum Gasteiger partial charge on any atom is -0.490 e. The number of hydrogen-bond donors (Lipinski definition) is 0. The first kappa shape index (κ1) is 16.5. The molecule has 0 aliphatic carbocycles. The van der Waals surface area contributed by atoms with Crippen molar-refractivity contribution in [1.82, 2.24) is 0 Å². The zero-order chi connectivity index (χ0) is 16.5. The second kappa shape index (κ2) is 8.58. The van der Waals surface area contributed by atoms with Crippen LogP contribution in [0.15, 0.2) is 54.6 Å². The molecule has 2 aromatic rings. The third-order valence-corrected chi connectivity index (χ3v) is 2.97. The SMILES string of the molecule is CCOC(=O)c1ccccc1C(=O)OCCOc1ccccc1. The van der Waals surface area contributed by atoms with E-state index in [1.165, 1.54) is 12.1 Å². The Morgan fingerprint density at radius 1 is 0.783 bits per heavy atom. The highest BCUT2D eigenvalue weighted by molar-refractivity contribution is 6.03. The molecule has 2 rings (SSSR count). The summed E-state index contributed by atoms with van der Waals surface area (Å²) in [6.07, 6.45) is 0. The Bertz CT molecular complexity index is 651. The molecule has 2 aromatic carbocycles. The smallest absolute Gasteiger partial charge is 0.339 e. The number of para-hydroxylation sites is 1. The van der Waals surface area contributed by atoms with E-state index >= 15 is 0 Å². The fraction of sp³-hybridized carbons (Fsp3) is 0.222. The number of benzene rings is 2. The molecule has 0 atom stereocenters. The van der Waals surface area contributed by atoms with Crippen molar-refractivity contribution < 1.29 is 23.8 Å². The largest absolute Gasteiger partial charge is 0.490 e. The van der Waals surface area contributed by atoms with E-state index in [9.17, 15) is 9.59 Å². The van der Waals surface area contributed by atoms with Crippen molar-refractivity contribution in [2.45, 2.75) is 6.92 Å². The van der Waals surface area contributed by atoms with Crippen LogP contribution in [0.25, 0.3) is 0 Å². The first-order chi connectivity index (χ1) is 11.2. The highest BCUT2D eigenvalue weighted by Crippen LogP contribution is 2.12. The van der Waals surface area contributed by atoms with Crippen LogP contribution in [0.1, 0.15) is 27.6 Å². The van der Waals surface area contributed by atoms with Gasteiger partial charge in [0.2, 0.25) is 0 Å². The van der Waals surface area contributed by atoms with Crippen molar-refractivity contribution in [2.24, 2.45) is 0 Å². The van der Waals surface area contributed by atoms with Gasteiger partial charge in [-0.05, 0) is 31.2 Å². The highest BCUT2D eigenvalue weighted by atomic mass is 16.6. The minimum atomic E-state index is -0.578. The molecule has 5 nitrogen and oxygen atoms in total. The molecule has 5 heteroatoms. The highest BCUT2D eigenvalue weighted by Gasteiger charge is 2.18.